The monoisotopic (exact) mass is 291 g/mol. The normalized spacial score (nSPS) is 12.1. The van der Waals surface area contributed by atoms with Gasteiger partial charge < -0.3 is 10.4 Å². The molecule has 6 nitrogen and oxygen atoms in total. The van der Waals surface area contributed by atoms with Crippen LogP contribution < -0.4 is 5.32 Å². The van der Waals surface area contributed by atoms with Crippen LogP contribution >= 0.6 is 11.8 Å². The summed E-state index contributed by atoms with van der Waals surface area (Å²) in [6.07, 6.45) is 1.65. The first kappa shape index (κ1) is 14.3. The Morgan fingerprint density at radius 3 is 2.85 bits per heavy atom. The molecule has 0 spiro atoms. The van der Waals surface area contributed by atoms with Crippen molar-refractivity contribution in [1.29, 1.82) is 0 Å². The Hall–Kier alpha value is -2.15. The van der Waals surface area contributed by atoms with Crippen LogP contribution in [0.4, 0.5) is 0 Å². The van der Waals surface area contributed by atoms with Gasteiger partial charge in [0.05, 0.1) is 6.20 Å². The molecule has 1 heterocycles. The first-order valence-electron chi connectivity index (χ1n) is 5.91. The number of aliphatic carboxylic acids is 1. The molecule has 0 aliphatic rings. The zero-order valence-corrected chi connectivity index (χ0v) is 11.6. The standard InChI is InChI=1S/C13H13N3O3S/c1-8(17)15-11(13(18)19)7-20-12-10-5-3-2-4-9(10)6-14-16-12/h2-6,11H,7H2,1H3,(H,15,17)(H,18,19). The van der Waals surface area contributed by atoms with Gasteiger partial charge in [0.15, 0.2) is 0 Å². The number of thioether (sulfide) groups is 1. The van der Waals surface area contributed by atoms with E-state index >= 15 is 0 Å². The first-order chi connectivity index (χ1) is 9.58. The van der Waals surface area contributed by atoms with E-state index in [1.165, 1.54) is 18.7 Å². The van der Waals surface area contributed by atoms with Crippen molar-refractivity contribution in [1.82, 2.24) is 15.5 Å². The molecule has 1 aromatic carbocycles. The van der Waals surface area contributed by atoms with E-state index in [-0.39, 0.29) is 11.7 Å². The number of carbonyl (C=O) groups is 2. The number of hydrogen-bond acceptors (Lipinski definition) is 5. The van der Waals surface area contributed by atoms with Crippen molar-refractivity contribution >= 4 is 34.4 Å². The summed E-state index contributed by atoms with van der Waals surface area (Å²) in [6.45, 7) is 1.29. The Morgan fingerprint density at radius 2 is 2.15 bits per heavy atom. The van der Waals surface area contributed by atoms with Gasteiger partial charge in [-0.3, -0.25) is 4.79 Å². The largest absolute Gasteiger partial charge is 0.480 e. The van der Waals surface area contributed by atoms with Crippen LogP contribution in [0, 0.1) is 0 Å². The molecule has 0 fully saturated rings. The van der Waals surface area contributed by atoms with E-state index in [0.717, 1.165) is 10.8 Å². The zero-order chi connectivity index (χ0) is 14.5. The molecule has 0 saturated carbocycles. The van der Waals surface area contributed by atoms with Crippen molar-refractivity contribution < 1.29 is 14.7 Å². The highest BCUT2D eigenvalue weighted by molar-refractivity contribution is 7.99. The van der Waals surface area contributed by atoms with Gasteiger partial charge >= 0.3 is 5.97 Å². The maximum Gasteiger partial charge on any atom is 0.327 e. The summed E-state index contributed by atoms with van der Waals surface area (Å²) in [5.41, 5.74) is 0. The van der Waals surface area contributed by atoms with Gasteiger partial charge in [-0.1, -0.05) is 24.3 Å². The van der Waals surface area contributed by atoms with E-state index in [1.807, 2.05) is 24.3 Å². The lowest BCUT2D eigenvalue weighted by atomic mass is 10.2. The summed E-state index contributed by atoms with van der Waals surface area (Å²) in [6, 6.07) is 6.65. The Balaban J connectivity index is 2.15. The molecule has 0 aliphatic heterocycles. The molecule has 1 aromatic heterocycles. The molecule has 1 unspecified atom stereocenters. The molecular weight excluding hydrogens is 278 g/mol. The third-order valence-electron chi connectivity index (χ3n) is 2.60. The minimum absolute atomic E-state index is 0.192. The van der Waals surface area contributed by atoms with Crippen LogP contribution in [0.15, 0.2) is 35.5 Å². The van der Waals surface area contributed by atoms with Crippen LogP contribution in [-0.2, 0) is 9.59 Å². The number of nitrogens with one attached hydrogen (secondary N) is 1. The SMILES string of the molecule is CC(=O)NC(CSc1nncc2ccccc12)C(=O)O. The van der Waals surface area contributed by atoms with E-state index in [9.17, 15) is 9.59 Å². The number of fused-ring (bicyclic) bond motifs is 1. The van der Waals surface area contributed by atoms with Gasteiger partial charge in [0.2, 0.25) is 5.91 Å². The highest BCUT2D eigenvalue weighted by Crippen LogP contribution is 2.25. The average molecular weight is 291 g/mol. The van der Waals surface area contributed by atoms with E-state index in [4.69, 9.17) is 5.11 Å². The lowest BCUT2D eigenvalue weighted by Crippen LogP contribution is -2.41. The number of carboxylic acids is 1. The van der Waals surface area contributed by atoms with Gasteiger partial charge in [-0.05, 0) is 0 Å². The van der Waals surface area contributed by atoms with Crippen molar-refractivity contribution in [2.24, 2.45) is 0 Å². The van der Waals surface area contributed by atoms with Crippen LogP contribution in [0.1, 0.15) is 6.92 Å². The lowest BCUT2D eigenvalue weighted by Gasteiger charge is -2.12. The minimum atomic E-state index is -1.07. The summed E-state index contributed by atoms with van der Waals surface area (Å²) in [5, 5.41) is 21.9. The fraction of sp³-hybridized carbons (Fsp3) is 0.231. The van der Waals surface area contributed by atoms with Crippen LogP contribution in [0.25, 0.3) is 10.8 Å². The van der Waals surface area contributed by atoms with Crippen molar-refractivity contribution in [2.75, 3.05) is 5.75 Å². The van der Waals surface area contributed by atoms with E-state index in [0.29, 0.717) is 5.03 Å². The topological polar surface area (TPSA) is 92.2 Å². The number of aromatic nitrogens is 2. The summed E-state index contributed by atoms with van der Waals surface area (Å²) in [4.78, 5) is 22.0. The highest BCUT2D eigenvalue weighted by Gasteiger charge is 2.19. The van der Waals surface area contributed by atoms with Gasteiger partial charge in [0, 0.05) is 23.4 Å². The van der Waals surface area contributed by atoms with Crippen LogP contribution in [0.2, 0.25) is 0 Å². The molecule has 1 amide bonds. The molecular formula is C13H13N3O3S. The number of rotatable bonds is 5. The second-order valence-corrected chi connectivity index (χ2v) is 5.15. The third kappa shape index (κ3) is 3.45. The third-order valence-corrected chi connectivity index (χ3v) is 3.67. The summed E-state index contributed by atoms with van der Waals surface area (Å²) >= 11 is 1.26. The molecule has 1 atom stereocenters. The number of carboxylic acid groups (broad SMARTS) is 1. The fourth-order valence-corrected chi connectivity index (χ4v) is 2.69. The van der Waals surface area contributed by atoms with Crippen molar-refractivity contribution in [3.8, 4) is 0 Å². The molecule has 2 N–H and O–H groups in total. The Bertz CT molecular complexity index is 642. The highest BCUT2D eigenvalue weighted by atomic mass is 32.2. The molecule has 104 valence electrons. The van der Waals surface area contributed by atoms with E-state index < -0.39 is 12.0 Å². The van der Waals surface area contributed by atoms with Crippen molar-refractivity contribution in [2.45, 2.75) is 18.0 Å². The predicted molar refractivity (Wildman–Crippen MR) is 75.5 cm³/mol. The Morgan fingerprint density at radius 1 is 1.40 bits per heavy atom. The van der Waals surface area contributed by atoms with Gasteiger partial charge in [-0.2, -0.15) is 5.10 Å². The van der Waals surface area contributed by atoms with Crippen LogP contribution in [0.5, 0.6) is 0 Å². The molecule has 2 aromatic rings. The van der Waals surface area contributed by atoms with Crippen LogP contribution in [-0.4, -0.2) is 39.0 Å². The number of benzene rings is 1. The van der Waals surface area contributed by atoms with Crippen molar-refractivity contribution in [3.05, 3.63) is 30.5 Å². The van der Waals surface area contributed by atoms with Gasteiger partial charge in [-0.15, -0.1) is 16.9 Å². The first-order valence-corrected chi connectivity index (χ1v) is 6.89. The quantitative estimate of drug-likeness (QED) is 0.807. The molecule has 7 heteroatoms. The second-order valence-electron chi connectivity index (χ2n) is 4.14. The Labute approximate surface area is 119 Å². The molecule has 20 heavy (non-hydrogen) atoms. The Kier molecular flexibility index (Phi) is 4.52. The smallest absolute Gasteiger partial charge is 0.327 e. The number of carbonyl (C=O) groups excluding carboxylic acids is 1. The number of hydrogen-bond donors (Lipinski definition) is 2. The molecule has 0 radical (unpaired) electrons. The summed E-state index contributed by atoms with van der Waals surface area (Å²) in [7, 11) is 0. The average Bonchev–Trinajstić information content (AvgIpc) is 2.42. The number of nitrogens with zero attached hydrogens (tertiary/aromatic N) is 2. The van der Waals surface area contributed by atoms with Gasteiger partial charge in [-0.25, -0.2) is 4.79 Å². The fourth-order valence-electron chi connectivity index (χ4n) is 1.69. The lowest BCUT2D eigenvalue weighted by molar-refractivity contribution is -0.140. The van der Waals surface area contributed by atoms with Crippen molar-refractivity contribution in [3.63, 3.8) is 0 Å². The van der Waals surface area contributed by atoms with Crippen LogP contribution in [0.3, 0.4) is 0 Å². The summed E-state index contributed by atoms with van der Waals surface area (Å²) in [5.74, 6) is -1.25. The van der Waals surface area contributed by atoms with E-state index in [1.54, 1.807) is 6.20 Å². The van der Waals surface area contributed by atoms with E-state index in [2.05, 4.69) is 15.5 Å². The zero-order valence-electron chi connectivity index (χ0n) is 10.7. The predicted octanol–water partition coefficient (Wildman–Crippen LogP) is 1.31. The molecule has 0 aliphatic carbocycles. The van der Waals surface area contributed by atoms with Gasteiger partial charge in [0.25, 0.3) is 0 Å². The maximum atomic E-state index is 11.1. The molecule has 0 saturated heterocycles. The van der Waals surface area contributed by atoms with Gasteiger partial charge in [0.1, 0.15) is 11.1 Å². The molecule has 2 rings (SSSR count). The second kappa shape index (κ2) is 6.33. The maximum absolute atomic E-state index is 11.1. The number of amides is 1. The summed E-state index contributed by atoms with van der Waals surface area (Å²) < 4.78 is 0. The minimum Gasteiger partial charge on any atom is -0.480 e. The molecule has 0 bridgehead atoms.